The van der Waals surface area contributed by atoms with Gasteiger partial charge in [-0.15, -0.1) is 10.2 Å². The lowest BCUT2D eigenvalue weighted by atomic mass is 9.96. The molecule has 0 unspecified atom stereocenters. The summed E-state index contributed by atoms with van der Waals surface area (Å²) < 4.78 is 10.4. The Morgan fingerprint density at radius 2 is 2.12 bits per heavy atom. The van der Waals surface area contributed by atoms with Gasteiger partial charge in [-0.25, -0.2) is 0 Å². The zero-order chi connectivity index (χ0) is 18.6. The molecule has 0 spiro atoms. The number of aryl methyl sites for hydroxylation is 1. The van der Waals surface area contributed by atoms with Crippen molar-refractivity contribution in [1.82, 2.24) is 20.3 Å². The van der Waals surface area contributed by atoms with E-state index in [4.69, 9.17) is 8.94 Å². The number of carbonyl (C=O) groups excluding carboxylic acids is 1. The number of nitrogens with one attached hydrogen (secondary N) is 1. The van der Waals surface area contributed by atoms with Gasteiger partial charge in [0.05, 0.1) is 0 Å². The first-order valence-corrected chi connectivity index (χ1v) is 8.41. The predicted molar refractivity (Wildman–Crippen MR) is 94.3 cm³/mol. The Morgan fingerprint density at radius 1 is 1.27 bits per heavy atom. The van der Waals surface area contributed by atoms with E-state index in [-0.39, 0.29) is 11.3 Å². The normalized spacial score (nSPS) is 11.5. The molecule has 0 aliphatic carbocycles. The maximum absolute atomic E-state index is 12.1. The molecule has 2 aromatic heterocycles. The van der Waals surface area contributed by atoms with Crippen LogP contribution in [0.1, 0.15) is 45.3 Å². The number of aromatic nitrogens is 4. The minimum absolute atomic E-state index is 0.0803. The second-order valence-corrected chi connectivity index (χ2v) is 6.99. The quantitative estimate of drug-likeness (QED) is 0.722. The van der Waals surface area contributed by atoms with Crippen LogP contribution in [0.15, 0.2) is 39.6 Å². The molecule has 3 rings (SSSR count). The number of nitrogens with zero attached hydrogens (tertiary/aromatic N) is 4. The molecule has 136 valence electrons. The van der Waals surface area contributed by atoms with Gasteiger partial charge in [-0.2, -0.15) is 4.98 Å². The minimum atomic E-state index is -0.150. The van der Waals surface area contributed by atoms with Crippen molar-refractivity contribution < 1.29 is 13.7 Å². The highest BCUT2D eigenvalue weighted by Gasteiger charge is 2.20. The molecule has 0 fully saturated rings. The van der Waals surface area contributed by atoms with Gasteiger partial charge in [0.2, 0.25) is 24.1 Å². The number of rotatable bonds is 6. The molecule has 0 atom stereocenters. The summed E-state index contributed by atoms with van der Waals surface area (Å²) in [5.74, 6) is 1.56. The first-order chi connectivity index (χ1) is 12.4. The summed E-state index contributed by atoms with van der Waals surface area (Å²) in [5.41, 5.74) is 1.28. The molecule has 3 aromatic rings. The molecule has 8 heteroatoms. The largest absolute Gasteiger partial charge is 0.423 e. The number of benzene rings is 1. The molecule has 1 N–H and O–H groups in total. The summed E-state index contributed by atoms with van der Waals surface area (Å²) in [4.78, 5) is 16.5. The summed E-state index contributed by atoms with van der Waals surface area (Å²) in [6.45, 7) is 6.08. The van der Waals surface area contributed by atoms with Crippen molar-refractivity contribution in [3.8, 4) is 11.5 Å². The zero-order valence-electron chi connectivity index (χ0n) is 15.0. The van der Waals surface area contributed by atoms with Gasteiger partial charge in [-0.3, -0.25) is 4.79 Å². The van der Waals surface area contributed by atoms with Gasteiger partial charge in [0, 0.05) is 29.5 Å². The summed E-state index contributed by atoms with van der Waals surface area (Å²) in [5, 5.41) is 14.4. The second kappa shape index (κ2) is 7.47. The highest BCUT2D eigenvalue weighted by atomic mass is 16.5. The third-order valence-electron chi connectivity index (χ3n) is 3.69. The molecule has 0 aliphatic heterocycles. The van der Waals surface area contributed by atoms with Crippen LogP contribution in [-0.4, -0.2) is 26.2 Å². The zero-order valence-corrected chi connectivity index (χ0v) is 15.0. The van der Waals surface area contributed by atoms with Crippen molar-refractivity contribution in [3.05, 3.63) is 42.4 Å². The molecule has 2 heterocycles. The monoisotopic (exact) mass is 355 g/mol. The van der Waals surface area contributed by atoms with E-state index in [1.165, 1.54) is 6.39 Å². The summed E-state index contributed by atoms with van der Waals surface area (Å²) in [6.07, 6.45) is 2.82. The summed E-state index contributed by atoms with van der Waals surface area (Å²) in [6, 6.07) is 7.26. The molecule has 1 aromatic carbocycles. The fraction of sp³-hybridized carbons (Fsp3) is 0.389. The van der Waals surface area contributed by atoms with Gasteiger partial charge in [-0.1, -0.05) is 32.0 Å². The number of amides is 1. The molecule has 1 amide bonds. The fourth-order valence-corrected chi connectivity index (χ4v) is 2.31. The van der Waals surface area contributed by atoms with Crippen LogP contribution in [0.25, 0.3) is 11.5 Å². The molecule has 0 bridgehead atoms. The molecule has 26 heavy (non-hydrogen) atoms. The third-order valence-corrected chi connectivity index (χ3v) is 3.69. The lowest BCUT2D eigenvalue weighted by molar-refractivity contribution is -0.116. The van der Waals surface area contributed by atoms with Crippen molar-refractivity contribution in [2.45, 2.75) is 45.4 Å². The van der Waals surface area contributed by atoms with Crippen LogP contribution in [0.3, 0.4) is 0 Å². The van der Waals surface area contributed by atoms with E-state index >= 15 is 0 Å². The second-order valence-electron chi connectivity index (χ2n) is 6.99. The number of hydrogen-bond acceptors (Lipinski definition) is 7. The van der Waals surface area contributed by atoms with Gasteiger partial charge in [0.25, 0.3) is 0 Å². The number of anilines is 1. The van der Waals surface area contributed by atoms with Crippen LogP contribution >= 0.6 is 0 Å². The van der Waals surface area contributed by atoms with Crippen molar-refractivity contribution in [3.63, 3.8) is 0 Å². The van der Waals surface area contributed by atoms with Gasteiger partial charge in [0.15, 0.2) is 5.82 Å². The average Bonchev–Trinajstić information content (AvgIpc) is 3.26. The first kappa shape index (κ1) is 17.8. The average molecular weight is 355 g/mol. The lowest BCUT2D eigenvalue weighted by Crippen LogP contribution is -2.13. The van der Waals surface area contributed by atoms with E-state index in [0.717, 1.165) is 5.56 Å². The van der Waals surface area contributed by atoms with E-state index in [1.54, 1.807) is 6.07 Å². The Bertz CT molecular complexity index is 865. The Labute approximate surface area is 151 Å². The standard InChI is InChI=1S/C18H21N5O3/c1-18(2,3)17-21-15(26-23-17)9-5-8-14(24)20-13-7-4-6-12(10-13)16-22-19-11-25-16/h4,6-7,10-11H,5,8-9H2,1-3H3,(H,20,24). The highest BCUT2D eigenvalue weighted by molar-refractivity contribution is 5.91. The van der Waals surface area contributed by atoms with Crippen molar-refractivity contribution in [2.75, 3.05) is 5.32 Å². The number of carbonyl (C=O) groups is 1. The topological polar surface area (TPSA) is 107 Å². The van der Waals surface area contributed by atoms with Crippen LogP contribution in [0.2, 0.25) is 0 Å². The Kier molecular flexibility index (Phi) is 5.11. The number of hydrogen-bond donors (Lipinski definition) is 1. The van der Waals surface area contributed by atoms with E-state index in [0.29, 0.717) is 42.6 Å². The molecule has 0 saturated heterocycles. The Hall–Kier alpha value is -3.03. The smallest absolute Gasteiger partial charge is 0.247 e. The molecular weight excluding hydrogens is 334 g/mol. The van der Waals surface area contributed by atoms with Crippen LogP contribution in [-0.2, 0) is 16.6 Å². The van der Waals surface area contributed by atoms with Crippen LogP contribution in [0.4, 0.5) is 5.69 Å². The van der Waals surface area contributed by atoms with Gasteiger partial charge in [0.1, 0.15) is 0 Å². The first-order valence-electron chi connectivity index (χ1n) is 8.41. The maximum atomic E-state index is 12.1. The van der Waals surface area contributed by atoms with Crippen LogP contribution in [0.5, 0.6) is 0 Å². The summed E-state index contributed by atoms with van der Waals surface area (Å²) in [7, 11) is 0. The molecule has 0 aliphatic rings. The highest BCUT2D eigenvalue weighted by Crippen LogP contribution is 2.21. The van der Waals surface area contributed by atoms with E-state index in [9.17, 15) is 4.79 Å². The van der Waals surface area contributed by atoms with Crippen molar-refractivity contribution in [2.24, 2.45) is 0 Å². The van der Waals surface area contributed by atoms with E-state index in [1.807, 2.05) is 39.0 Å². The third kappa shape index (κ3) is 4.53. The van der Waals surface area contributed by atoms with Gasteiger partial charge < -0.3 is 14.3 Å². The minimum Gasteiger partial charge on any atom is -0.423 e. The van der Waals surface area contributed by atoms with Gasteiger partial charge in [-0.05, 0) is 24.6 Å². The molecule has 0 saturated carbocycles. The van der Waals surface area contributed by atoms with E-state index in [2.05, 4.69) is 25.7 Å². The maximum Gasteiger partial charge on any atom is 0.247 e. The van der Waals surface area contributed by atoms with Crippen LogP contribution < -0.4 is 5.32 Å². The van der Waals surface area contributed by atoms with Gasteiger partial charge >= 0.3 is 0 Å². The Morgan fingerprint density at radius 3 is 2.81 bits per heavy atom. The van der Waals surface area contributed by atoms with Crippen molar-refractivity contribution in [1.29, 1.82) is 0 Å². The fourth-order valence-electron chi connectivity index (χ4n) is 2.31. The predicted octanol–water partition coefficient (Wildman–Crippen LogP) is 3.38. The Balaban J connectivity index is 1.50. The van der Waals surface area contributed by atoms with E-state index < -0.39 is 0 Å². The SMILES string of the molecule is CC(C)(C)c1noc(CCCC(=O)Nc2cccc(-c3nnco3)c2)n1. The molecular formula is C18H21N5O3. The summed E-state index contributed by atoms with van der Waals surface area (Å²) >= 11 is 0. The van der Waals surface area contributed by atoms with Crippen LogP contribution in [0, 0.1) is 0 Å². The molecule has 8 nitrogen and oxygen atoms in total. The lowest BCUT2D eigenvalue weighted by Gasteiger charge is -2.10. The van der Waals surface area contributed by atoms with Crippen molar-refractivity contribution >= 4 is 11.6 Å². The molecule has 0 radical (unpaired) electrons.